The van der Waals surface area contributed by atoms with Crippen molar-refractivity contribution in [3.8, 4) is 5.69 Å². The van der Waals surface area contributed by atoms with E-state index in [0.29, 0.717) is 10.7 Å². The van der Waals surface area contributed by atoms with Crippen molar-refractivity contribution in [3.05, 3.63) is 81.0 Å². The van der Waals surface area contributed by atoms with Crippen LogP contribution in [0.15, 0.2) is 64.2 Å². The molecule has 0 saturated carbocycles. The second-order valence-corrected chi connectivity index (χ2v) is 9.88. The Labute approximate surface area is 195 Å². The van der Waals surface area contributed by atoms with Crippen LogP contribution in [0.2, 0.25) is 5.02 Å². The summed E-state index contributed by atoms with van der Waals surface area (Å²) in [7, 11) is 0. The second-order valence-electron chi connectivity index (χ2n) is 8.52. The zero-order chi connectivity index (χ0) is 22.2. The van der Waals surface area contributed by atoms with Gasteiger partial charge in [0.2, 0.25) is 0 Å². The van der Waals surface area contributed by atoms with Crippen LogP contribution in [0.1, 0.15) is 37.2 Å². The fraction of sp³-hybridized carbons (Fsp3) is 0.250. The summed E-state index contributed by atoms with van der Waals surface area (Å²) in [6.45, 7) is 6.49. The number of nitrogens with zero attached hydrogens (tertiary/aromatic N) is 2. The van der Waals surface area contributed by atoms with Crippen LogP contribution < -0.4 is 5.32 Å². The highest BCUT2D eigenvalue weighted by atomic mass is 79.9. The molecular weight excluding hydrogens is 478 g/mol. The van der Waals surface area contributed by atoms with Crippen LogP contribution in [0, 0.1) is 12.3 Å². The van der Waals surface area contributed by atoms with Gasteiger partial charge in [-0.1, -0.05) is 46.5 Å². The summed E-state index contributed by atoms with van der Waals surface area (Å²) in [5, 5.41) is 7.52. The number of aromatic nitrogens is 1. The van der Waals surface area contributed by atoms with Crippen molar-refractivity contribution in [3.63, 3.8) is 0 Å². The first-order chi connectivity index (χ1) is 14.7. The summed E-state index contributed by atoms with van der Waals surface area (Å²) in [6, 6.07) is 17.2. The van der Waals surface area contributed by atoms with Gasteiger partial charge in [-0.3, -0.25) is 10.2 Å². The lowest BCUT2D eigenvalue weighted by Gasteiger charge is -2.31. The van der Waals surface area contributed by atoms with E-state index >= 15 is 0 Å². The van der Waals surface area contributed by atoms with E-state index in [9.17, 15) is 4.79 Å². The molecule has 1 aromatic heterocycles. The first kappa shape index (κ1) is 21.7. The summed E-state index contributed by atoms with van der Waals surface area (Å²) in [5.74, 6) is 0. The fourth-order valence-corrected chi connectivity index (χ4v) is 4.37. The zero-order valence-electron chi connectivity index (χ0n) is 17.6. The number of fused-ring (bicyclic) bond motifs is 1. The quantitative estimate of drug-likeness (QED) is 0.307. The maximum atomic E-state index is 12.3. The Hall–Kier alpha value is -2.57. The van der Waals surface area contributed by atoms with Crippen molar-refractivity contribution < 1.29 is 9.63 Å². The largest absolute Gasteiger partial charge is 0.437 e. The summed E-state index contributed by atoms with van der Waals surface area (Å²) >= 11 is 9.38. The number of nitrogens with one attached hydrogen (secondary N) is 1. The van der Waals surface area contributed by atoms with Gasteiger partial charge in [-0.15, -0.1) is 0 Å². The molecule has 1 aliphatic rings. The number of carbonyl (C=O) groups is 1. The average molecular weight is 501 g/mol. The van der Waals surface area contributed by atoms with Crippen LogP contribution in [0.3, 0.4) is 0 Å². The standard InChI is InChI=1S/C24H23BrClN3O2/c1-15-12-20-21(28-31-23(30)27-18-8-6-17(26)7-9-18)13-24(2,3)14-22(20)29(15)19-10-4-16(25)5-11-19/h4-12H,13-14H2,1-3H3,(H,27,30)/b28-21+. The minimum atomic E-state index is -0.635. The van der Waals surface area contributed by atoms with E-state index in [2.05, 4.69) is 69.9 Å². The van der Waals surface area contributed by atoms with Crippen LogP contribution in [0.5, 0.6) is 0 Å². The summed E-state index contributed by atoms with van der Waals surface area (Å²) < 4.78 is 3.30. The van der Waals surface area contributed by atoms with Gasteiger partial charge in [0.25, 0.3) is 0 Å². The topological polar surface area (TPSA) is 55.6 Å². The van der Waals surface area contributed by atoms with Gasteiger partial charge in [0.15, 0.2) is 0 Å². The Morgan fingerprint density at radius 3 is 2.48 bits per heavy atom. The molecule has 31 heavy (non-hydrogen) atoms. The molecule has 0 aliphatic heterocycles. The van der Waals surface area contributed by atoms with Crippen LogP contribution in [0.4, 0.5) is 10.5 Å². The molecule has 5 nitrogen and oxygen atoms in total. The summed E-state index contributed by atoms with van der Waals surface area (Å²) in [5.41, 5.74) is 5.77. The average Bonchev–Trinajstić information content (AvgIpc) is 3.03. The Balaban J connectivity index is 1.62. The van der Waals surface area contributed by atoms with Gasteiger partial charge in [-0.25, -0.2) is 4.79 Å². The highest BCUT2D eigenvalue weighted by Gasteiger charge is 2.33. The Kier molecular flexibility index (Phi) is 5.95. The number of oxime groups is 1. The van der Waals surface area contributed by atoms with Crippen molar-refractivity contribution in [1.82, 2.24) is 4.57 Å². The number of rotatable bonds is 3. The smallest absolute Gasteiger partial charge is 0.318 e. The van der Waals surface area contributed by atoms with E-state index in [1.54, 1.807) is 24.3 Å². The van der Waals surface area contributed by atoms with Gasteiger partial charge in [-0.2, -0.15) is 0 Å². The number of hydrogen-bond donors (Lipinski definition) is 1. The first-order valence-electron chi connectivity index (χ1n) is 10.00. The number of aryl methyl sites for hydroxylation is 1. The van der Waals surface area contributed by atoms with E-state index in [4.69, 9.17) is 16.4 Å². The molecule has 4 rings (SSSR count). The summed E-state index contributed by atoms with van der Waals surface area (Å²) in [6.07, 6.45) is 0.990. The normalized spacial score (nSPS) is 16.1. The fourth-order valence-electron chi connectivity index (χ4n) is 3.98. The van der Waals surface area contributed by atoms with Gasteiger partial charge in [0.05, 0.1) is 5.71 Å². The molecule has 3 aromatic rings. The van der Waals surface area contributed by atoms with E-state index < -0.39 is 6.09 Å². The van der Waals surface area contributed by atoms with Crippen LogP contribution in [0.25, 0.3) is 5.69 Å². The molecular formula is C24H23BrClN3O2. The second kappa shape index (κ2) is 8.52. The molecule has 0 radical (unpaired) electrons. The van der Waals surface area contributed by atoms with E-state index in [1.165, 1.54) is 5.69 Å². The lowest BCUT2D eigenvalue weighted by molar-refractivity contribution is 0.165. The Bertz CT molecular complexity index is 1150. The third-order valence-electron chi connectivity index (χ3n) is 5.30. The van der Waals surface area contributed by atoms with Crippen LogP contribution in [-0.2, 0) is 11.3 Å². The molecule has 7 heteroatoms. The van der Waals surface area contributed by atoms with Gasteiger partial charge >= 0.3 is 6.09 Å². The van der Waals surface area contributed by atoms with E-state index in [1.807, 2.05) is 12.1 Å². The van der Waals surface area contributed by atoms with Crippen molar-refractivity contribution in [2.75, 3.05) is 5.32 Å². The third kappa shape index (κ3) is 4.86. The molecule has 0 saturated heterocycles. The molecule has 1 aliphatic carbocycles. The predicted molar refractivity (Wildman–Crippen MR) is 128 cm³/mol. The highest BCUT2D eigenvalue weighted by molar-refractivity contribution is 9.10. The molecule has 1 amide bonds. The molecule has 0 atom stereocenters. The maximum absolute atomic E-state index is 12.3. The van der Waals surface area contributed by atoms with Crippen molar-refractivity contribution in [2.24, 2.45) is 10.6 Å². The van der Waals surface area contributed by atoms with Gasteiger partial charge in [0, 0.05) is 37.8 Å². The van der Waals surface area contributed by atoms with Crippen LogP contribution >= 0.6 is 27.5 Å². The monoisotopic (exact) mass is 499 g/mol. The number of amides is 1. The van der Waals surface area contributed by atoms with Crippen LogP contribution in [-0.4, -0.2) is 16.4 Å². The number of benzene rings is 2. The number of carbonyl (C=O) groups excluding carboxylic acids is 1. The van der Waals surface area contributed by atoms with E-state index in [0.717, 1.165) is 40.0 Å². The number of anilines is 1. The molecule has 0 spiro atoms. The molecule has 0 fully saturated rings. The molecule has 0 unspecified atom stereocenters. The summed E-state index contributed by atoms with van der Waals surface area (Å²) in [4.78, 5) is 17.5. The molecule has 0 bridgehead atoms. The number of halogens is 2. The lowest BCUT2D eigenvalue weighted by atomic mass is 9.76. The SMILES string of the molecule is Cc1cc2c(n1-c1ccc(Br)cc1)CC(C)(C)C/C2=N\OC(=O)Nc1ccc(Cl)cc1. The minimum Gasteiger partial charge on any atom is -0.318 e. The van der Waals surface area contributed by atoms with Crippen molar-refractivity contribution in [2.45, 2.75) is 33.6 Å². The Morgan fingerprint density at radius 1 is 1.13 bits per heavy atom. The molecule has 2 aromatic carbocycles. The van der Waals surface area contributed by atoms with Crippen molar-refractivity contribution >= 4 is 45.0 Å². The molecule has 1 heterocycles. The number of hydrogen-bond acceptors (Lipinski definition) is 3. The van der Waals surface area contributed by atoms with Gasteiger partial charge < -0.3 is 4.57 Å². The maximum Gasteiger partial charge on any atom is 0.437 e. The lowest BCUT2D eigenvalue weighted by Crippen LogP contribution is -2.29. The zero-order valence-corrected chi connectivity index (χ0v) is 19.9. The van der Waals surface area contributed by atoms with Gasteiger partial charge in [-0.05, 0) is 79.8 Å². The molecule has 1 N–H and O–H groups in total. The highest BCUT2D eigenvalue weighted by Crippen LogP contribution is 2.38. The van der Waals surface area contributed by atoms with E-state index in [-0.39, 0.29) is 5.41 Å². The first-order valence-corrected chi connectivity index (χ1v) is 11.2. The Morgan fingerprint density at radius 2 is 1.81 bits per heavy atom. The van der Waals surface area contributed by atoms with Gasteiger partial charge in [0.1, 0.15) is 0 Å². The van der Waals surface area contributed by atoms with Crippen molar-refractivity contribution in [1.29, 1.82) is 0 Å². The molecule has 160 valence electrons. The third-order valence-corrected chi connectivity index (χ3v) is 6.08. The predicted octanol–water partition coefficient (Wildman–Crippen LogP) is 7.13. The minimum absolute atomic E-state index is 0.0141.